The zero-order chi connectivity index (χ0) is 31.2. The smallest absolute Gasteiger partial charge is 0.229 e. The normalized spacial score (nSPS) is 31.2. The van der Waals surface area contributed by atoms with Crippen molar-refractivity contribution in [2.75, 3.05) is 20.3 Å². The van der Waals surface area contributed by atoms with Crippen molar-refractivity contribution in [3.05, 3.63) is 40.8 Å². The number of methoxy groups -OCH3 is 1. The lowest BCUT2D eigenvalue weighted by molar-refractivity contribution is -0.307. The Bertz CT molecular complexity index is 1520. The van der Waals surface area contributed by atoms with Crippen LogP contribution in [0, 0.1) is 0 Å². The van der Waals surface area contributed by atoms with E-state index in [0.717, 1.165) is 12.3 Å². The molecule has 2 saturated heterocycles. The molecule has 3 aromatic rings. The van der Waals surface area contributed by atoms with Crippen LogP contribution in [0.5, 0.6) is 28.7 Å². The number of aliphatic hydroxyl groups is 6. The highest BCUT2D eigenvalue weighted by atomic mass is 16.7. The highest BCUT2D eigenvalue weighted by molar-refractivity contribution is 5.93. The summed E-state index contributed by atoms with van der Waals surface area (Å²) in [6.07, 6.45) is -13.7. The van der Waals surface area contributed by atoms with Crippen molar-refractivity contribution < 1.29 is 74.1 Å². The van der Waals surface area contributed by atoms with Gasteiger partial charge in [-0.05, 0) is 17.7 Å². The molecule has 0 amide bonds. The van der Waals surface area contributed by atoms with Crippen LogP contribution in [0.15, 0.2) is 39.7 Å². The van der Waals surface area contributed by atoms with E-state index in [1.54, 1.807) is 0 Å². The average molecular weight is 611 g/mol. The first-order valence-electron chi connectivity index (χ1n) is 12.9. The first-order valence-corrected chi connectivity index (χ1v) is 12.9. The van der Waals surface area contributed by atoms with E-state index in [0.29, 0.717) is 0 Å². The second-order valence-electron chi connectivity index (χ2n) is 10.0. The third-order valence-electron chi connectivity index (χ3n) is 7.23. The van der Waals surface area contributed by atoms with E-state index in [-0.39, 0.29) is 29.2 Å². The molecule has 16 heteroatoms. The Morgan fingerprint density at radius 3 is 2.30 bits per heavy atom. The molecule has 0 saturated carbocycles. The Morgan fingerprint density at radius 2 is 1.58 bits per heavy atom. The first kappa shape index (κ1) is 30.7. The van der Waals surface area contributed by atoms with Crippen molar-refractivity contribution in [1.29, 1.82) is 0 Å². The highest BCUT2D eigenvalue weighted by Crippen LogP contribution is 2.42. The van der Waals surface area contributed by atoms with Crippen molar-refractivity contribution in [2.45, 2.75) is 55.3 Å². The standard InChI is InChI=1S/C27H30O16/c1-38-15-4-9(2-3-11(15)28)10-6-39-25-17(18(10)32)12(29)5-13(30)24(25)43-27-23(37)21(35)20(34)16(42-27)8-41-26-22(36)19(33)14(31)7-40-26/h2-6,14,16,19-23,26-31,33-37H,7-8H2,1H3/t14-,16-,19+,20-,21+,22-,23-,26+,27+/m1/s1. The van der Waals surface area contributed by atoms with Crippen molar-refractivity contribution in [3.8, 4) is 39.9 Å². The molecule has 0 aliphatic carbocycles. The van der Waals surface area contributed by atoms with Gasteiger partial charge in [0.2, 0.25) is 17.5 Å². The van der Waals surface area contributed by atoms with Crippen LogP contribution in [0.25, 0.3) is 22.1 Å². The van der Waals surface area contributed by atoms with E-state index in [2.05, 4.69) is 0 Å². The van der Waals surface area contributed by atoms with Crippen LogP contribution in [0.2, 0.25) is 0 Å². The second-order valence-corrected chi connectivity index (χ2v) is 10.0. The zero-order valence-electron chi connectivity index (χ0n) is 22.4. The van der Waals surface area contributed by atoms with Gasteiger partial charge in [-0.15, -0.1) is 0 Å². The molecular formula is C27H30O16. The number of hydrogen-bond acceptors (Lipinski definition) is 16. The lowest BCUT2D eigenvalue weighted by atomic mass is 9.99. The van der Waals surface area contributed by atoms with E-state index in [9.17, 15) is 50.8 Å². The Morgan fingerprint density at radius 1 is 0.860 bits per heavy atom. The van der Waals surface area contributed by atoms with Crippen LogP contribution in [0.3, 0.4) is 0 Å². The van der Waals surface area contributed by atoms with E-state index in [1.165, 1.54) is 25.3 Å². The minimum absolute atomic E-state index is 0.0489. The molecular weight excluding hydrogens is 580 g/mol. The summed E-state index contributed by atoms with van der Waals surface area (Å²) in [7, 11) is 1.32. The molecule has 2 aliphatic rings. The maximum absolute atomic E-state index is 13.4. The molecule has 9 N–H and O–H groups in total. The molecule has 2 fully saturated rings. The number of phenolic OH excluding ortho intramolecular Hbond substituents is 3. The van der Waals surface area contributed by atoms with E-state index < -0.39 is 95.6 Å². The highest BCUT2D eigenvalue weighted by Gasteiger charge is 2.47. The SMILES string of the molecule is COc1cc(-c2coc3c(O[C@@H]4O[C@H](CO[C@@H]5OC[C@@H](O)[C@H](O)[C@H]5O)[C@@H](O)[C@H](O)[C@H]4O)c(O)cc(O)c3c2=O)ccc1O. The van der Waals surface area contributed by atoms with E-state index in [1.807, 2.05) is 0 Å². The fourth-order valence-electron chi connectivity index (χ4n) is 4.79. The molecule has 9 atom stereocenters. The van der Waals surface area contributed by atoms with Gasteiger partial charge in [-0.25, -0.2) is 0 Å². The van der Waals surface area contributed by atoms with E-state index in [4.69, 9.17) is 28.1 Å². The molecule has 3 heterocycles. The van der Waals surface area contributed by atoms with Crippen molar-refractivity contribution in [1.82, 2.24) is 0 Å². The molecule has 2 aromatic carbocycles. The van der Waals surface area contributed by atoms with Gasteiger partial charge < -0.3 is 74.1 Å². The van der Waals surface area contributed by atoms with Gasteiger partial charge in [-0.1, -0.05) is 6.07 Å². The topological polar surface area (TPSA) is 258 Å². The minimum Gasteiger partial charge on any atom is -0.507 e. The number of aliphatic hydroxyl groups excluding tert-OH is 6. The molecule has 16 nitrogen and oxygen atoms in total. The number of ether oxygens (including phenoxy) is 5. The van der Waals surface area contributed by atoms with Crippen molar-refractivity contribution in [2.24, 2.45) is 0 Å². The summed E-state index contributed by atoms with van der Waals surface area (Å²) in [4.78, 5) is 13.4. The van der Waals surface area contributed by atoms with Gasteiger partial charge >= 0.3 is 0 Å². The molecule has 5 rings (SSSR count). The van der Waals surface area contributed by atoms with Crippen LogP contribution >= 0.6 is 0 Å². The Balaban J connectivity index is 1.42. The van der Waals surface area contributed by atoms with Gasteiger partial charge in [0, 0.05) is 6.07 Å². The number of hydrogen-bond donors (Lipinski definition) is 9. The third-order valence-corrected chi connectivity index (χ3v) is 7.23. The van der Waals surface area contributed by atoms with Gasteiger partial charge in [0.05, 0.1) is 25.9 Å². The summed E-state index contributed by atoms with van der Waals surface area (Å²) >= 11 is 0. The lowest BCUT2D eigenvalue weighted by Crippen LogP contribution is -2.61. The summed E-state index contributed by atoms with van der Waals surface area (Å²) in [5, 5.41) is 91.5. The third kappa shape index (κ3) is 5.67. The van der Waals surface area contributed by atoms with Crippen LogP contribution in [-0.4, -0.2) is 122 Å². The molecule has 1 aromatic heterocycles. The number of phenols is 3. The first-order chi connectivity index (χ1) is 20.4. The van der Waals surface area contributed by atoms with Crippen molar-refractivity contribution in [3.63, 3.8) is 0 Å². The van der Waals surface area contributed by atoms with Crippen molar-refractivity contribution >= 4 is 11.0 Å². The minimum atomic E-state index is -1.90. The average Bonchev–Trinajstić information content (AvgIpc) is 2.98. The Hall–Kier alpha value is -3.71. The molecule has 0 radical (unpaired) electrons. The number of fused-ring (bicyclic) bond motifs is 1. The maximum atomic E-state index is 13.4. The van der Waals surface area contributed by atoms with Gasteiger partial charge in [-0.2, -0.15) is 0 Å². The van der Waals surface area contributed by atoms with Gasteiger partial charge in [0.1, 0.15) is 60.1 Å². The second kappa shape index (κ2) is 12.1. The molecule has 0 unspecified atom stereocenters. The molecule has 0 bridgehead atoms. The summed E-state index contributed by atoms with van der Waals surface area (Å²) in [6.45, 7) is -0.920. The predicted molar refractivity (Wildman–Crippen MR) is 140 cm³/mol. The summed E-state index contributed by atoms with van der Waals surface area (Å²) < 4.78 is 32.3. The number of rotatable bonds is 7. The number of aromatic hydroxyl groups is 3. The number of benzene rings is 2. The predicted octanol–water partition coefficient (Wildman–Crippen LogP) is -1.77. The fourth-order valence-corrected chi connectivity index (χ4v) is 4.79. The van der Waals surface area contributed by atoms with Crippen LogP contribution in [0.4, 0.5) is 0 Å². The van der Waals surface area contributed by atoms with Gasteiger partial charge in [-0.3, -0.25) is 4.79 Å². The van der Waals surface area contributed by atoms with Gasteiger partial charge in [0.25, 0.3) is 0 Å². The lowest BCUT2D eigenvalue weighted by Gasteiger charge is -2.41. The summed E-state index contributed by atoms with van der Waals surface area (Å²) in [6, 6.07) is 4.85. The Labute approximate surface area is 241 Å². The quantitative estimate of drug-likeness (QED) is 0.143. The largest absolute Gasteiger partial charge is 0.507 e. The monoisotopic (exact) mass is 610 g/mol. The zero-order valence-corrected chi connectivity index (χ0v) is 22.4. The van der Waals surface area contributed by atoms with Crippen LogP contribution in [0.1, 0.15) is 0 Å². The maximum Gasteiger partial charge on any atom is 0.229 e. The molecule has 0 spiro atoms. The fraction of sp³-hybridized carbons (Fsp3) is 0.444. The van der Waals surface area contributed by atoms with Gasteiger partial charge in [0.15, 0.2) is 29.1 Å². The van der Waals surface area contributed by atoms with Crippen LogP contribution < -0.4 is 14.9 Å². The molecule has 234 valence electrons. The molecule has 2 aliphatic heterocycles. The molecule has 43 heavy (non-hydrogen) atoms. The Kier molecular flexibility index (Phi) is 8.66. The summed E-state index contributed by atoms with van der Waals surface area (Å²) in [5.41, 5.74) is -0.999. The van der Waals surface area contributed by atoms with E-state index >= 15 is 0 Å². The van der Waals surface area contributed by atoms with Crippen LogP contribution in [-0.2, 0) is 14.2 Å². The summed E-state index contributed by atoms with van der Waals surface area (Å²) in [5.74, 6) is -2.08.